The first-order valence-electron chi connectivity index (χ1n) is 12.3. The normalized spacial score (nSPS) is 13.2. The third-order valence-corrected chi connectivity index (χ3v) is 4.69. The minimum absolute atomic E-state index is 0.167. The molecule has 0 bridgehead atoms. The van der Waals surface area contributed by atoms with Gasteiger partial charge >= 0.3 is 5.97 Å². The van der Waals surface area contributed by atoms with E-state index in [1.165, 1.54) is 12.2 Å². The van der Waals surface area contributed by atoms with E-state index in [9.17, 15) is 14.4 Å². The fraction of sp³-hybridized carbons (Fsp3) is 0.792. The summed E-state index contributed by atoms with van der Waals surface area (Å²) >= 11 is 0. The van der Waals surface area contributed by atoms with Crippen molar-refractivity contribution in [2.24, 2.45) is 0 Å². The molecule has 0 spiro atoms. The van der Waals surface area contributed by atoms with Gasteiger partial charge in [0.15, 0.2) is 0 Å². The van der Waals surface area contributed by atoms with E-state index in [0.29, 0.717) is 79.1 Å². The Morgan fingerprint density at radius 2 is 1.03 bits per heavy atom. The Morgan fingerprint density at radius 1 is 0.629 bits per heavy atom. The zero-order valence-electron chi connectivity index (χ0n) is 20.9. The first-order chi connectivity index (χ1) is 17.1. The molecule has 11 nitrogen and oxygen atoms in total. The van der Waals surface area contributed by atoms with Crippen LogP contribution in [-0.4, -0.2) is 115 Å². The van der Waals surface area contributed by atoms with Gasteiger partial charge < -0.3 is 33.2 Å². The van der Waals surface area contributed by atoms with Gasteiger partial charge in [0.25, 0.3) is 11.8 Å². The second-order valence-electron chi connectivity index (χ2n) is 7.51. The third-order valence-electron chi connectivity index (χ3n) is 4.69. The molecular formula is C24H41NO10. The summed E-state index contributed by atoms with van der Waals surface area (Å²) in [6.45, 7) is 7.71. The van der Waals surface area contributed by atoms with Crippen LogP contribution in [0.4, 0.5) is 0 Å². The number of nitrogens with zero attached hydrogens (tertiary/aromatic N) is 1. The molecule has 0 aliphatic carbocycles. The maximum absolute atomic E-state index is 11.4. The minimum Gasteiger partial charge on any atom is -0.463 e. The van der Waals surface area contributed by atoms with Gasteiger partial charge in [-0.15, -0.1) is 0 Å². The Kier molecular flexibility index (Phi) is 20.1. The van der Waals surface area contributed by atoms with Gasteiger partial charge in [0, 0.05) is 18.6 Å². The Hall–Kier alpha value is -1.89. The first kappa shape index (κ1) is 31.1. The highest BCUT2D eigenvalue weighted by Gasteiger charge is 2.22. The summed E-state index contributed by atoms with van der Waals surface area (Å²) in [6, 6.07) is 0. The van der Waals surface area contributed by atoms with E-state index in [2.05, 4.69) is 6.92 Å². The summed E-state index contributed by atoms with van der Waals surface area (Å²) < 4.78 is 37.3. The lowest BCUT2D eigenvalue weighted by Crippen LogP contribution is -2.33. The van der Waals surface area contributed by atoms with Crippen molar-refractivity contribution in [2.75, 3.05) is 92.4 Å². The summed E-state index contributed by atoms with van der Waals surface area (Å²) in [5, 5.41) is 0. The Bertz CT molecular complexity index is 581. The maximum Gasteiger partial charge on any atom is 0.305 e. The molecule has 0 unspecified atom stereocenters. The van der Waals surface area contributed by atoms with Gasteiger partial charge in [-0.1, -0.05) is 19.8 Å². The van der Waals surface area contributed by atoms with Gasteiger partial charge in [0.05, 0.1) is 85.8 Å². The van der Waals surface area contributed by atoms with Crippen LogP contribution in [0.1, 0.15) is 32.6 Å². The summed E-state index contributed by atoms with van der Waals surface area (Å²) in [6.07, 6.45) is 5.98. The van der Waals surface area contributed by atoms with Gasteiger partial charge in [-0.3, -0.25) is 19.3 Å². The zero-order valence-corrected chi connectivity index (χ0v) is 20.9. The van der Waals surface area contributed by atoms with E-state index < -0.39 is 0 Å². The van der Waals surface area contributed by atoms with Crippen LogP contribution in [0.5, 0.6) is 0 Å². The van der Waals surface area contributed by atoms with Crippen LogP contribution in [0.3, 0.4) is 0 Å². The minimum atomic E-state index is -0.307. The lowest BCUT2D eigenvalue weighted by atomic mass is 10.2. The smallest absolute Gasteiger partial charge is 0.305 e. The van der Waals surface area contributed by atoms with E-state index in [-0.39, 0.29) is 37.5 Å². The monoisotopic (exact) mass is 503 g/mol. The van der Waals surface area contributed by atoms with Crippen molar-refractivity contribution in [2.45, 2.75) is 32.6 Å². The van der Waals surface area contributed by atoms with Crippen molar-refractivity contribution in [3.63, 3.8) is 0 Å². The average molecular weight is 504 g/mol. The second kappa shape index (κ2) is 22.6. The molecule has 202 valence electrons. The molecule has 0 N–H and O–H groups in total. The molecule has 0 aromatic heterocycles. The molecule has 0 radical (unpaired) electrons. The number of hydrogen-bond acceptors (Lipinski definition) is 10. The van der Waals surface area contributed by atoms with E-state index in [0.717, 1.165) is 24.2 Å². The van der Waals surface area contributed by atoms with Gasteiger partial charge in [-0.05, 0) is 6.42 Å². The van der Waals surface area contributed by atoms with Gasteiger partial charge in [0.2, 0.25) is 0 Å². The molecule has 0 atom stereocenters. The van der Waals surface area contributed by atoms with Crippen molar-refractivity contribution in [3.8, 4) is 0 Å². The van der Waals surface area contributed by atoms with Crippen molar-refractivity contribution in [1.29, 1.82) is 0 Å². The van der Waals surface area contributed by atoms with Crippen LogP contribution in [0.2, 0.25) is 0 Å². The Balaban J connectivity index is 1.69. The molecule has 0 saturated heterocycles. The first-order valence-corrected chi connectivity index (χ1v) is 12.3. The fourth-order valence-corrected chi connectivity index (χ4v) is 2.81. The van der Waals surface area contributed by atoms with Crippen molar-refractivity contribution in [3.05, 3.63) is 12.2 Å². The van der Waals surface area contributed by atoms with Crippen LogP contribution in [-0.2, 0) is 47.5 Å². The Morgan fingerprint density at radius 3 is 1.46 bits per heavy atom. The average Bonchev–Trinajstić information content (AvgIpc) is 3.17. The standard InChI is InChI=1S/C24H41NO10/c1-2-3-4-5-24(28)35-21-20-34-19-18-33-17-16-32-15-14-31-13-12-30-11-10-29-9-8-25-22(26)6-7-23(25)27/h6-7H,2-5,8-21H2,1H3. The summed E-state index contributed by atoms with van der Waals surface area (Å²) in [5.41, 5.74) is 0. The molecule has 2 amide bonds. The largest absolute Gasteiger partial charge is 0.463 e. The molecule has 0 fully saturated rings. The second-order valence-corrected chi connectivity index (χ2v) is 7.51. The molecule has 1 aliphatic heterocycles. The van der Waals surface area contributed by atoms with Crippen LogP contribution in [0, 0.1) is 0 Å². The summed E-state index contributed by atoms with van der Waals surface area (Å²) in [7, 11) is 0. The predicted molar refractivity (Wildman–Crippen MR) is 126 cm³/mol. The van der Waals surface area contributed by atoms with E-state index in [1.807, 2.05) is 0 Å². The number of ether oxygens (including phenoxy) is 7. The number of carbonyl (C=O) groups excluding carboxylic acids is 3. The molecular weight excluding hydrogens is 462 g/mol. The number of rotatable bonds is 25. The van der Waals surface area contributed by atoms with Gasteiger partial charge in [-0.25, -0.2) is 0 Å². The van der Waals surface area contributed by atoms with Crippen molar-refractivity contribution in [1.82, 2.24) is 4.90 Å². The highest BCUT2D eigenvalue weighted by atomic mass is 16.6. The number of carbonyl (C=O) groups is 3. The Labute approximate surface area is 207 Å². The summed E-state index contributed by atoms with van der Waals surface area (Å²) in [4.78, 5) is 35.2. The molecule has 1 rings (SSSR count). The molecule has 11 heteroatoms. The van der Waals surface area contributed by atoms with Crippen LogP contribution in [0.25, 0.3) is 0 Å². The summed E-state index contributed by atoms with van der Waals surface area (Å²) in [5.74, 6) is -0.781. The quantitative estimate of drug-likeness (QED) is 0.102. The molecule has 1 aliphatic rings. The van der Waals surface area contributed by atoms with E-state index >= 15 is 0 Å². The topological polar surface area (TPSA) is 119 Å². The highest BCUT2D eigenvalue weighted by molar-refractivity contribution is 6.12. The van der Waals surface area contributed by atoms with Crippen LogP contribution < -0.4 is 0 Å². The van der Waals surface area contributed by atoms with Crippen molar-refractivity contribution < 1.29 is 47.5 Å². The van der Waals surface area contributed by atoms with E-state index in [1.54, 1.807) is 0 Å². The molecule has 1 heterocycles. The lowest BCUT2D eigenvalue weighted by molar-refractivity contribution is -0.145. The molecule has 0 aromatic carbocycles. The van der Waals surface area contributed by atoms with Crippen LogP contribution >= 0.6 is 0 Å². The fourth-order valence-electron chi connectivity index (χ4n) is 2.81. The molecule has 0 aromatic rings. The number of unbranched alkanes of at least 4 members (excludes halogenated alkanes) is 2. The lowest BCUT2D eigenvalue weighted by Gasteiger charge is -2.13. The van der Waals surface area contributed by atoms with Gasteiger partial charge in [-0.2, -0.15) is 0 Å². The number of amides is 2. The SMILES string of the molecule is CCCCCC(=O)OCCOCCOCCOCCOCCOCCOCCN1C(=O)C=CC1=O. The number of imide groups is 1. The number of hydrogen-bond donors (Lipinski definition) is 0. The van der Waals surface area contributed by atoms with Crippen LogP contribution in [0.15, 0.2) is 12.2 Å². The third kappa shape index (κ3) is 18.1. The highest BCUT2D eigenvalue weighted by Crippen LogP contribution is 2.02. The zero-order chi connectivity index (χ0) is 25.4. The van der Waals surface area contributed by atoms with E-state index in [4.69, 9.17) is 33.2 Å². The predicted octanol–water partition coefficient (Wildman–Crippen LogP) is 1.13. The van der Waals surface area contributed by atoms with Gasteiger partial charge in [0.1, 0.15) is 6.61 Å². The number of esters is 1. The molecule has 0 saturated carbocycles. The van der Waals surface area contributed by atoms with Crippen molar-refractivity contribution >= 4 is 17.8 Å². The maximum atomic E-state index is 11.4. The molecule has 35 heavy (non-hydrogen) atoms.